The molecule has 132 valence electrons. The fourth-order valence-electron chi connectivity index (χ4n) is 3.41. The molecule has 0 aliphatic carbocycles. The Balaban J connectivity index is 1.77. The number of nitrogens with zero attached hydrogens (tertiary/aromatic N) is 4. The number of aromatic nitrogens is 2. The summed E-state index contributed by atoms with van der Waals surface area (Å²) in [6.45, 7) is 3.34. The lowest BCUT2D eigenvalue weighted by molar-refractivity contribution is -0.120. The van der Waals surface area contributed by atoms with Crippen LogP contribution in [0.3, 0.4) is 0 Å². The Hall–Kier alpha value is -2.68. The van der Waals surface area contributed by atoms with E-state index in [9.17, 15) is 9.59 Å². The maximum Gasteiger partial charge on any atom is 0.329 e. The zero-order valence-electron chi connectivity index (χ0n) is 13.9. The van der Waals surface area contributed by atoms with Crippen LogP contribution >= 0.6 is 0 Å². The summed E-state index contributed by atoms with van der Waals surface area (Å²) in [5.74, 6) is -0.281. The number of fused-ring (bicyclic) bond motifs is 1. The number of piperazine rings is 1. The van der Waals surface area contributed by atoms with E-state index in [0.29, 0.717) is 22.4 Å². The van der Waals surface area contributed by atoms with Gasteiger partial charge in [-0.05, 0) is 12.1 Å². The van der Waals surface area contributed by atoms with Crippen LogP contribution in [0.25, 0.3) is 10.9 Å². The number of imide groups is 1. The van der Waals surface area contributed by atoms with Crippen LogP contribution < -0.4 is 20.4 Å². The van der Waals surface area contributed by atoms with Crippen molar-refractivity contribution in [2.24, 2.45) is 7.05 Å². The molecule has 0 atom stereocenters. The van der Waals surface area contributed by atoms with Gasteiger partial charge in [0.25, 0.3) is 0 Å². The molecule has 8 nitrogen and oxygen atoms in total. The SMILES string of the molecule is Cn1nc(N2CCC(=O)NC2=O)c2ccc(N3CCNCC3)c(F)c21. The highest BCUT2D eigenvalue weighted by molar-refractivity contribution is 6.09. The van der Waals surface area contributed by atoms with Crippen LogP contribution in [0.15, 0.2) is 12.1 Å². The first kappa shape index (κ1) is 15.8. The van der Waals surface area contributed by atoms with Gasteiger partial charge in [0.2, 0.25) is 5.91 Å². The molecule has 0 saturated carbocycles. The van der Waals surface area contributed by atoms with E-state index in [2.05, 4.69) is 15.7 Å². The number of benzene rings is 1. The minimum Gasteiger partial charge on any atom is -0.367 e. The Morgan fingerprint density at radius 2 is 1.92 bits per heavy atom. The van der Waals surface area contributed by atoms with Gasteiger partial charge < -0.3 is 10.2 Å². The number of amides is 3. The third kappa shape index (κ3) is 2.60. The molecule has 2 saturated heterocycles. The normalized spacial score (nSPS) is 18.8. The quantitative estimate of drug-likeness (QED) is 0.831. The number of hydrogen-bond acceptors (Lipinski definition) is 5. The zero-order chi connectivity index (χ0) is 17.6. The van der Waals surface area contributed by atoms with Crippen LogP contribution in [-0.4, -0.2) is 54.4 Å². The van der Waals surface area contributed by atoms with E-state index in [4.69, 9.17) is 0 Å². The van der Waals surface area contributed by atoms with Gasteiger partial charge in [-0.25, -0.2) is 9.18 Å². The first-order valence-electron chi connectivity index (χ1n) is 8.28. The van der Waals surface area contributed by atoms with Crippen LogP contribution in [0.2, 0.25) is 0 Å². The molecule has 2 aromatic rings. The minimum atomic E-state index is -0.525. The summed E-state index contributed by atoms with van der Waals surface area (Å²) < 4.78 is 16.6. The van der Waals surface area contributed by atoms with Gasteiger partial charge in [-0.15, -0.1) is 0 Å². The molecule has 3 amide bonds. The molecule has 9 heteroatoms. The van der Waals surface area contributed by atoms with E-state index < -0.39 is 6.03 Å². The van der Waals surface area contributed by atoms with E-state index in [-0.39, 0.29) is 24.7 Å². The number of rotatable bonds is 2. The van der Waals surface area contributed by atoms with E-state index in [0.717, 1.165) is 26.2 Å². The van der Waals surface area contributed by atoms with Gasteiger partial charge in [0, 0.05) is 51.6 Å². The van der Waals surface area contributed by atoms with Crippen LogP contribution in [0, 0.1) is 5.82 Å². The van der Waals surface area contributed by atoms with E-state index >= 15 is 4.39 Å². The average molecular weight is 346 g/mol. The van der Waals surface area contributed by atoms with E-state index in [1.807, 2.05) is 4.90 Å². The van der Waals surface area contributed by atoms with Crippen molar-refractivity contribution in [3.05, 3.63) is 17.9 Å². The largest absolute Gasteiger partial charge is 0.367 e. The molecule has 0 spiro atoms. The molecule has 2 aliphatic rings. The summed E-state index contributed by atoms with van der Waals surface area (Å²) in [6, 6.07) is 3.01. The highest BCUT2D eigenvalue weighted by atomic mass is 19.1. The van der Waals surface area contributed by atoms with Gasteiger partial charge in [0.05, 0.1) is 5.69 Å². The molecule has 2 aliphatic heterocycles. The summed E-state index contributed by atoms with van der Waals surface area (Å²) in [5.41, 5.74) is 0.901. The first-order chi connectivity index (χ1) is 12.1. The van der Waals surface area contributed by atoms with Gasteiger partial charge in [0.1, 0.15) is 5.52 Å². The highest BCUT2D eigenvalue weighted by Gasteiger charge is 2.29. The Morgan fingerprint density at radius 3 is 2.64 bits per heavy atom. The standard InChI is InChI=1S/C16H19FN6O2/c1-21-14-10(15(20-21)23-7-4-12(24)19-16(23)25)2-3-11(13(14)17)22-8-5-18-6-9-22/h2-3,18H,4-9H2,1H3,(H,19,24,25). The van der Waals surface area contributed by atoms with Gasteiger partial charge in [0.15, 0.2) is 11.6 Å². The maximum absolute atomic E-state index is 15.2. The summed E-state index contributed by atoms with van der Waals surface area (Å²) in [6.07, 6.45) is 0.200. The van der Waals surface area contributed by atoms with Crippen molar-refractivity contribution in [3.8, 4) is 0 Å². The van der Waals surface area contributed by atoms with Crippen LogP contribution in [-0.2, 0) is 11.8 Å². The van der Waals surface area contributed by atoms with E-state index in [1.54, 1.807) is 19.2 Å². The lowest BCUT2D eigenvalue weighted by Gasteiger charge is -2.30. The lowest BCUT2D eigenvalue weighted by Crippen LogP contribution is -2.49. The predicted molar refractivity (Wildman–Crippen MR) is 91.3 cm³/mol. The smallest absolute Gasteiger partial charge is 0.329 e. The minimum absolute atomic E-state index is 0.200. The van der Waals surface area contributed by atoms with Crippen molar-refractivity contribution < 1.29 is 14.0 Å². The van der Waals surface area contributed by atoms with Crippen LogP contribution in [0.4, 0.5) is 20.7 Å². The van der Waals surface area contributed by atoms with Crippen LogP contribution in [0.1, 0.15) is 6.42 Å². The van der Waals surface area contributed by atoms with Crippen molar-refractivity contribution in [3.63, 3.8) is 0 Å². The van der Waals surface area contributed by atoms with Crippen molar-refractivity contribution in [2.75, 3.05) is 42.5 Å². The second kappa shape index (κ2) is 5.99. The van der Waals surface area contributed by atoms with E-state index in [1.165, 1.54) is 9.58 Å². The average Bonchev–Trinajstić information content (AvgIpc) is 2.93. The van der Waals surface area contributed by atoms with Crippen molar-refractivity contribution in [2.45, 2.75) is 6.42 Å². The highest BCUT2D eigenvalue weighted by Crippen LogP contribution is 2.33. The summed E-state index contributed by atoms with van der Waals surface area (Å²) in [4.78, 5) is 26.8. The number of nitrogens with one attached hydrogen (secondary N) is 2. The summed E-state index contributed by atoms with van der Waals surface area (Å²) in [5, 5.41) is 10.4. The molecule has 2 N–H and O–H groups in total. The molecule has 1 aromatic carbocycles. The predicted octanol–water partition coefficient (Wildman–Crippen LogP) is 0.568. The van der Waals surface area contributed by atoms with Crippen molar-refractivity contribution in [1.29, 1.82) is 0 Å². The lowest BCUT2D eigenvalue weighted by atomic mass is 10.1. The topological polar surface area (TPSA) is 82.5 Å². The van der Waals surface area contributed by atoms with Crippen molar-refractivity contribution >= 4 is 34.3 Å². The molecule has 3 heterocycles. The molecule has 4 rings (SSSR count). The Bertz CT molecular complexity index is 858. The van der Waals surface area contributed by atoms with Gasteiger partial charge in [-0.3, -0.25) is 19.7 Å². The fourth-order valence-corrected chi connectivity index (χ4v) is 3.41. The molecule has 0 unspecified atom stereocenters. The molecule has 0 bridgehead atoms. The van der Waals surface area contributed by atoms with Gasteiger partial charge in [-0.2, -0.15) is 5.10 Å². The summed E-state index contributed by atoms with van der Waals surface area (Å²) in [7, 11) is 1.66. The number of urea groups is 1. The van der Waals surface area contributed by atoms with Gasteiger partial charge in [-0.1, -0.05) is 0 Å². The number of halogens is 1. The van der Waals surface area contributed by atoms with Crippen molar-refractivity contribution in [1.82, 2.24) is 20.4 Å². The fraction of sp³-hybridized carbons (Fsp3) is 0.438. The molecule has 1 aromatic heterocycles. The molecular formula is C16H19FN6O2. The second-order valence-electron chi connectivity index (χ2n) is 6.23. The van der Waals surface area contributed by atoms with Crippen LogP contribution in [0.5, 0.6) is 0 Å². The number of hydrogen-bond donors (Lipinski definition) is 2. The number of carbonyl (C=O) groups is 2. The molecule has 0 radical (unpaired) electrons. The zero-order valence-corrected chi connectivity index (χ0v) is 13.9. The Morgan fingerprint density at radius 1 is 1.16 bits per heavy atom. The number of aryl methyl sites for hydroxylation is 1. The van der Waals surface area contributed by atoms with Gasteiger partial charge >= 0.3 is 6.03 Å². The second-order valence-corrected chi connectivity index (χ2v) is 6.23. The summed E-state index contributed by atoms with van der Waals surface area (Å²) >= 11 is 0. The number of anilines is 2. The first-order valence-corrected chi connectivity index (χ1v) is 8.28. The molecule has 2 fully saturated rings. The number of carbonyl (C=O) groups excluding carboxylic acids is 2. The third-order valence-corrected chi connectivity index (χ3v) is 4.67. The third-order valence-electron chi connectivity index (χ3n) is 4.67. The molecular weight excluding hydrogens is 327 g/mol. The monoisotopic (exact) mass is 346 g/mol. The Kier molecular flexibility index (Phi) is 3.79. The Labute approximate surface area is 143 Å². The maximum atomic E-state index is 15.2. The molecule has 25 heavy (non-hydrogen) atoms.